The second-order valence-corrected chi connectivity index (χ2v) is 5.75. The van der Waals surface area contributed by atoms with Crippen LogP contribution in [0, 0.1) is 11.3 Å². The molecular formula is C18H19N3. The molecule has 0 amide bonds. The predicted molar refractivity (Wildman–Crippen MR) is 84.0 cm³/mol. The van der Waals surface area contributed by atoms with Crippen LogP contribution < -0.4 is 5.32 Å². The second kappa shape index (κ2) is 5.97. The maximum Gasteiger partial charge on any atom is 0.125 e. The van der Waals surface area contributed by atoms with Crippen LogP contribution in [0.5, 0.6) is 0 Å². The van der Waals surface area contributed by atoms with Gasteiger partial charge in [-0.1, -0.05) is 43.2 Å². The summed E-state index contributed by atoms with van der Waals surface area (Å²) in [5.41, 5.74) is 2.24. The van der Waals surface area contributed by atoms with E-state index in [2.05, 4.69) is 46.7 Å². The van der Waals surface area contributed by atoms with Gasteiger partial charge in [-0.3, -0.25) is 0 Å². The van der Waals surface area contributed by atoms with E-state index in [-0.39, 0.29) is 5.41 Å². The van der Waals surface area contributed by atoms with Gasteiger partial charge in [0.05, 0.1) is 5.56 Å². The fourth-order valence-corrected chi connectivity index (χ4v) is 3.24. The van der Waals surface area contributed by atoms with Crippen molar-refractivity contribution in [1.82, 2.24) is 4.98 Å². The minimum atomic E-state index is 0.219. The van der Waals surface area contributed by atoms with Crippen molar-refractivity contribution >= 4 is 5.82 Å². The van der Waals surface area contributed by atoms with Crippen molar-refractivity contribution in [3.8, 4) is 6.07 Å². The summed E-state index contributed by atoms with van der Waals surface area (Å²) in [6, 6.07) is 16.6. The Balaban J connectivity index is 1.75. The number of anilines is 1. The molecule has 3 heteroatoms. The zero-order chi connectivity index (χ0) is 14.5. The van der Waals surface area contributed by atoms with E-state index in [0.717, 1.165) is 12.4 Å². The molecule has 1 saturated carbocycles. The van der Waals surface area contributed by atoms with Gasteiger partial charge < -0.3 is 5.32 Å². The third-order valence-electron chi connectivity index (χ3n) is 4.45. The maximum absolute atomic E-state index is 8.81. The number of pyridine rings is 1. The molecule has 0 aliphatic heterocycles. The Morgan fingerprint density at radius 1 is 1.10 bits per heavy atom. The Bertz CT molecular complexity index is 620. The van der Waals surface area contributed by atoms with Crippen molar-refractivity contribution in [3.05, 3.63) is 59.8 Å². The van der Waals surface area contributed by atoms with Gasteiger partial charge in [0.1, 0.15) is 11.9 Å². The fraction of sp³-hybridized carbons (Fsp3) is 0.333. The Labute approximate surface area is 125 Å². The van der Waals surface area contributed by atoms with Crippen LogP contribution in [0.3, 0.4) is 0 Å². The molecule has 0 atom stereocenters. The van der Waals surface area contributed by atoms with Crippen LogP contribution in [-0.2, 0) is 5.41 Å². The summed E-state index contributed by atoms with van der Waals surface area (Å²) in [6.07, 6.45) is 6.64. The van der Waals surface area contributed by atoms with Gasteiger partial charge in [-0.05, 0) is 30.5 Å². The second-order valence-electron chi connectivity index (χ2n) is 5.75. The van der Waals surface area contributed by atoms with Gasteiger partial charge in [0, 0.05) is 18.2 Å². The largest absolute Gasteiger partial charge is 0.369 e. The predicted octanol–water partition coefficient (Wildman–Crippen LogP) is 3.88. The van der Waals surface area contributed by atoms with Crippen molar-refractivity contribution in [2.75, 3.05) is 11.9 Å². The van der Waals surface area contributed by atoms with Crippen molar-refractivity contribution in [2.45, 2.75) is 31.1 Å². The lowest BCUT2D eigenvalue weighted by molar-refractivity contribution is 0.466. The first-order chi connectivity index (χ1) is 10.3. The lowest BCUT2D eigenvalue weighted by atomic mass is 9.79. The van der Waals surface area contributed by atoms with E-state index in [9.17, 15) is 0 Å². The maximum atomic E-state index is 8.81. The molecule has 1 aliphatic carbocycles. The molecular weight excluding hydrogens is 258 g/mol. The zero-order valence-corrected chi connectivity index (χ0v) is 12.0. The van der Waals surface area contributed by atoms with E-state index in [1.54, 1.807) is 12.3 Å². The van der Waals surface area contributed by atoms with E-state index < -0.39 is 0 Å². The summed E-state index contributed by atoms with van der Waals surface area (Å²) >= 11 is 0. The van der Waals surface area contributed by atoms with Gasteiger partial charge in [-0.2, -0.15) is 5.26 Å². The van der Waals surface area contributed by atoms with Crippen LogP contribution >= 0.6 is 0 Å². The smallest absolute Gasteiger partial charge is 0.125 e. The Morgan fingerprint density at radius 2 is 1.86 bits per heavy atom. The third-order valence-corrected chi connectivity index (χ3v) is 4.45. The monoisotopic (exact) mass is 277 g/mol. The molecule has 106 valence electrons. The first-order valence-electron chi connectivity index (χ1n) is 7.48. The zero-order valence-electron chi connectivity index (χ0n) is 12.0. The summed E-state index contributed by atoms with van der Waals surface area (Å²) < 4.78 is 0. The first kappa shape index (κ1) is 13.6. The van der Waals surface area contributed by atoms with Gasteiger partial charge >= 0.3 is 0 Å². The van der Waals surface area contributed by atoms with Crippen molar-refractivity contribution in [3.63, 3.8) is 0 Å². The highest BCUT2D eigenvalue weighted by Crippen LogP contribution is 2.41. The van der Waals surface area contributed by atoms with E-state index in [1.165, 1.54) is 31.2 Å². The van der Waals surface area contributed by atoms with Gasteiger partial charge in [0.25, 0.3) is 0 Å². The molecule has 0 spiro atoms. The number of hydrogen-bond acceptors (Lipinski definition) is 3. The van der Waals surface area contributed by atoms with Crippen LogP contribution in [0.25, 0.3) is 0 Å². The lowest BCUT2D eigenvalue weighted by Gasteiger charge is -2.30. The summed E-state index contributed by atoms with van der Waals surface area (Å²) in [5.74, 6) is 0.844. The summed E-state index contributed by atoms with van der Waals surface area (Å²) in [5, 5.41) is 12.3. The summed E-state index contributed by atoms with van der Waals surface area (Å²) in [7, 11) is 0. The van der Waals surface area contributed by atoms with Crippen LogP contribution in [0.4, 0.5) is 5.82 Å². The average molecular weight is 277 g/mol. The summed E-state index contributed by atoms with van der Waals surface area (Å²) in [4.78, 5) is 4.30. The molecule has 0 bridgehead atoms. The number of nitriles is 1. The number of hydrogen-bond donors (Lipinski definition) is 1. The average Bonchev–Trinajstić information content (AvgIpc) is 3.04. The number of rotatable bonds is 4. The molecule has 1 N–H and O–H groups in total. The van der Waals surface area contributed by atoms with E-state index >= 15 is 0 Å². The molecule has 1 aliphatic rings. The minimum Gasteiger partial charge on any atom is -0.369 e. The molecule has 0 radical (unpaired) electrons. The highest BCUT2D eigenvalue weighted by molar-refractivity contribution is 5.40. The molecule has 21 heavy (non-hydrogen) atoms. The van der Waals surface area contributed by atoms with Crippen molar-refractivity contribution in [2.24, 2.45) is 0 Å². The van der Waals surface area contributed by atoms with Crippen LogP contribution in [-0.4, -0.2) is 11.5 Å². The molecule has 3 rings (SSSR count). The van der Waals surface area contributed by atoms with E-state index in [0.29, 0.717) is 5.56 Å². The normalized spacial score (nSPS) is 16.3. The number of aromatic nitrogens is 1. The number of nitrogens with zero attached hydrogens (tertiary/aromatic N) is 2. The van der Waals surface area contributed by atoms with Crippen LogP contribution in [0.15, 0.2) is 48.7 Å². The number of nitrogens with one attached hydrogen (secondary N) is 1. The van der Waals surface area contributed by atoms with Crippen molar-refractivity contribution in [1.29, 1.82) is 5.26 Å². The molecule has 1 fully saturated rings. The molecule has 2 aromatic rings. The highest BCUT2D eigenvalue weighted by atomic mass is 15.0. The molecule has 1 heterocycles. The fourth-order valence-electron chi connectivity index (χ4n) is 3.24. The molecule has 3 nitrogen and oxygen atoms in total. The SMILES string of the molecule is N#Cc1ccc(NCC2(c3ccccc3)CCCC2)nc1. The van der Waals surface area contributed by atoms with E-state index in [1.807, 2.05) is 6.07 Å². The third kappa shape index (κ3) is 2.90. The standard InChI is InChI=1S/C18H19N3/c19-12-15-8-9-17(20-13-15)21-14-18(10-4-5-11-18)16-6-2-1-3-7-16/h1-3,6-9,13H,4-5,10-11,14H2,(H,20,21). The quantitative estimate of drug-likeness (QED) is 0.922. The Hall–Kier alpha value is -2.34. The lowest BCUT2D eigenvalue weighted by Crippen LogP contribution is -2.31. The number of benzene rings is 1. The molecule has 1 aromatic carbocycles. The van der Waals surface area contributed by atoms with Crippen LogP contribution in [0.1, 0.15) is 36.8 Å². The Kier molecular flexibility index (Phi) is 3.87. The molecule has 1 aromatic heterocycles. The van der Waals surface area contributed by atoms with Crippen molar-refractivity contribution < 1.29 is 0 Å². The molecule has 0 saturated heterocycles. The topological polar surface area (TPSA) is 48.7 Å². The Morgan fingerprint density at radius 3 is 2.48 bits per heavy atom. The van der Waals surface area contributed by atoms with Gasteiger partial charge in [-0.15, -0.1) is 0 Å². The molecule has 0 unspecified atom stereocenters. The van der Waals surface area contributed by atoms with Crippen LogP contribution in [0.2, 0.25) is 0 Å². The minimum absolute atomic E-state index is 0.219. The first-order valence-corrected chi connectivity index (χ1v) is 7.48. The van der Waals surface area contributed by atoms with Gasteiger partial charge in [0.2, 0.25) is 0 Å². The van der Waals surface area contributed by atoms with E-state index in [4.69, 9.17) is 5.26 Å². The van der Waals surface area contributed by atoms with Gasteiger partial charge in [-0.25, -0.2) is 4.98 Å². The van der Waals surface area contributed by atoms with Gasteiger partial charge in [0.15, 0.2) is 0 Å². The highest BCUT2D eigenvalue weighted by Gasteiger charge is 2.35. The summed E-state index contributed by atoms with van der Waals surface area (Å²) in [6.45, 7) is 0.899.